The molecule has 1 unspecified atom stereocenters. The maximum atomic E-state index is 12.2. The molecule has 4 heteroatoms. The van der Waals surface area contributed by atoms with Gasteiger partial charge in [0.05, 0.1) is 5.92 Å². The number of hydroxylamine groups is 1. The van der Waals surface area contributed by atoms with Crippen LogP contribution in [0.1, 0.15) is 22.6 Å². The standard InChI is InChI=1S/C19H17NO2S/c1-13-11-23-12-17(13)15-8-5-9-16(10-15)18(19(21)20-22)14-6-3-2-4-7-14/h2-12,18,22H,1H3,(H,20,21). The maximum absolute atomic E-state index is 12.2. The van der Waals surface area contributed by atoms with Gasteiger partial charge in [-0.05, 0) is 51.6 Å². The topological polar surface area (TPSA) is 49.3 Å². The number of benzene rings is 2. The van der Waals surface area contributed by atoms with E-state index in [1.54, 1.807) is 16.8 Å². The monoisotopic (exact) mass is 323 g/mol. The van der Waals surface area contributed by atoms with Gasteiger partial charge in [-0.15, -0.1) is 0 Å². The van der Waals surface area contributed by atoms with Crippen molar-refractivity contribution in [1.82, 2.24) is 5.48 Å². The Morgan fingerprint density at radius 2 is 1.78 bits per heavy atom. The molecule has 0 fully saturated rings. The Bertz CT molecular complexity index is 811. The fourth-order valence-corrected chi connectivity index (χ4v) is 3.60. The highest BCUT2D eigenvalue weighted by Crippen LogP contribution is 2.31. The lowest BCUT2D eigenvalue weighted by Crippen LogP contribution is -2.27. The quantitative estimate of drug-likeness (QED) is 0.553. The summed E-state index contributed by atoms with van der Waals surface area (Å²) < 4.78 is 0. The second-order valence-corrected chi connectivity index (χ2v) is 6.16. The third kappa shape index (κ3) is 3.18. The fraction of sp³-hybridized carbons (Fsp3) is 0.105. The molecule has 0 saturated carbocycles. The van der Waals surface area contributed by atoms with E-state index in [9.17, 15) is 4.79 Å². The summed E-state index contributed by atoms with van der Waals surface area (Å²) in [6.07, 6.45) is 0. The van der Waals surface area contributed by atoms with Crippen molar-refractivity contribution in [3.63, 3.8) is 0 Å². The molecule has 23 heavy (non-hydrogen) atoms. The van der Waals surface area contributed by atoms with Crippen LogP contribution < -0.4 is 5.48 Å². The molecule has 116 valence electrons. The average Bonchev–Trinajstić information content (AvgIpc) is 3.02. The number of hydrogen-bond acceptors (Lipinski definition) is 3. The molecule has 0 aliphatic rings. The molecule has 3 aromatic rings. The van der Waals surface area contributed by atoms with Gasteiger partial charge in [-0.1, -0.05) is 48.5 Å². The van der Waals surface area contributed by atoms with E-state index < -0.39 is 11.8 Å². The van der Waals surface area contributed by atoms with E-state index in [1.165, 1.54) is 11.1 Å². The second kappa shape index (κ2) is 6.77. The van der Waals surface area contributed by atoms with Crippen LogP contribution in [0.4, 0.5) is 0 Å². The SMILES string of the molecule is Cc1cscc1-c1cccc(C(C(=O)NO)c2ccccc2)c1. The molecule has 0 aliphatic carbocycles. The van der Waals surface area contributed by atoms with Crippen molar-refractivity contribution in [2.24, 2.45) is 0 Å². The Hall–Kier alpha value is -2.43. The number of thiophene rings is 1. The molecule has 0 radical (unpaired) electrons. The van der Waals surface area contributed by atoms with E-state index in [1.807, 2.05) is 54.6 Å². The van der Waals surface area contributed by atoms with Crippen molar-refractivity contribution >= 4 is 17.2 Å². The van der Waals surface area contributed by atoms with Crippen LogP contribution in [0.15, 0.2) is 65.4 Å². The number of hydrogen-bond donors (Lipinski definition) is 2. The third-order valence-electron chi connectivity index (χ3n) is 3.89. The molecule has 3 rings (SSSR count). The molecule has 0 bridgehead atoms. The van der Waals surface area contributed by atoms with E-state index in [2.05, 4.69) is 17.7 Å². The molecule has 1 atom stereocenters. The molecular weight excluding hydrogens is 306 g/mol. The van der Waals surface area contributed by atoms with Gasteiger partial charge in [-0.2, -0.15) is 11.3 Å². The van der Waals surface area contributed by atoms with Crippen molar-refractivity contribution in [3.05, 3.63) is 82.0 Å². The Morgan fingerprint density at radius 1 is 1.04 bits per heavy atom. The summed E-state index contributed by atoms with van der Waals surface area (Å²) in [5.74, 6) is -0.976. The predicted molar refractivity (Wildman–Crippen MR) is 92.7 cm³/mol. The minimum Gasteiger partial charge on any atom is -0.289 e. The summed E-state index contributed by atoms with van der Waals surface area (Å²) >= 11 is 1.66. The highest BCUT2D eigenvalue weighted by molar-refractivity contribution is 7.08. The van der Waals surface area contributed by atoms with Crippen molar-refractivity contribution in [3.8, 4) is 11.1 Å². The van der Waals surface area contributed by atoms with Gasteiger partial charge in [0.1, 0.15) is 0 Å². The van der Waals surface area contributed by atoms with Gasteiger partial charge in [0, 0.05) is 0 Å². The zero-order chi connectivity index (χ0) is 16.2. The molecule has 1 amide bonds. The summed E-state index contributed by atoms with van der Waals surface area (Å²) in [7, 11) is 0. The van der Waals surface area contributed by atoms with Crippen LogP contribution in [0.25, 0.3) is 11.1 Å². The first-order valence-corrected chi connectivity index (χ1v) is 8.27. The maximum Gasteiger partial charge on any atom is 0.255 e. The highest BCUT2D eigenvalue weighted by Gasteiger charge is 2.22. The number of nitrogens with one attached hydrogen (secondary N) is 1. The van der Waals surface area contributed by atoms with E-state index in [0.29, 0.717) is 0 Å². The number of aryl methyl sites for hydroxylation is 1. The second-order valence-electron chi connectivity index (χ2n) is 5.41. The zero-order valence-corrected chi connectivity index (χ0v) is 13.5. The fourth-order valence-electron chi connectivity index (χ4n) is 2.75. The molecule has 1 aromatic heterocycles. The van der Waals surface area contributed by atoms with Crippen LogP contribution in [0, 0.1) is 6.92 Å². The number of carbonyl (C=O) groups excluding carboxylic acids is 1. The van der Waals surface area contributed by atoms with Gasteiger partial charge < -0.3 is 0 Å². The van der Waals surface area contributed by atoms with Crippen LogP contribution in [0.5, 0.6) is 0 Å². The van der Waals surface area contributed by atoms with Gasteiger partial charge in [0.25, 0.3) is 5.91 Å². The van der Waals surface area contributed by atoms with Gasteiger partial charge in [-0.25, -0.2) is 5.48 Å². The Labute approximate surface area is 139 Å². The number of amides is 1. The van der Waals surface area contributed by atoms with Crippen LogP contribution in [0.2, 0.25) is 0 Å². The average molecular weight is 323 g/mol. The van der Waals surface area contributed by atoms with Gasteiger partial charge >= 0.3 is 0 Å². The highest BCUT2D eigenvalue weighted by atomic mass is 32.1. The normalized spacial score (nSPS) is 11.9. The number of carbonyl (C=O) groups is 1. The first-order valence-electron chi connectivity index (χ1n) is 7.32. The van der Waals surface area contributed by atoms with E-state index >= 15 is 0 Å². The number of rotatable bonds is 4. The van der Waals surface area contributed by atoms with Crippen LogP contribution in [-0.4, -0.2) is 11.1 Å². The predicted octanol–water partition coefficient (Wildman–Crippen LogP) is 4.36. The summed E-state index contributed by atoms with van der Waals surface area (Å²) in [5, 5.41) is 13.3. The largest absolute Gasteiger partial charge is 0.289 e. The molecule has 2 N–H and O–H groups in total. The Balaban J connectivity index is 2.07. The zero-order valence-electron chi connectivity index (χ0n) is 12.7. The van der Waals surface area contributed by atoms with Gasteiger partial charge in [0.2, 0.25) is 0 Å². The van der Waals surface area contributed by atoms with Crippen LogP contribution >= 0.6 is 11.3 Å². The smallest absolute Gasteiger partial charge is 0.255 e. The molecule has 0 saturated heterocycles. The Kier molecular flexibility index (Phi) is 4.55. The first-order chi connectivity index (χ1) is 11.2. The molecule has 0 spiro atoms. The summed E-state index contributed by atoms with van der Waals surface area (Å²) in [6, 6.07) is 17.4. The lowest BCUT2D eigenvalue weighted by atomic mass is 9.89. The van der Waals surface area contributed by atoms with Gasteiger partial charge in [-0.3, -0.25) is 10.0 Å². The van der Waals surface area contributed by atoms with Gasteiger partial charge in [0.15, 0.2) is 0 Å². The lowest BCUT2D eigenvalue weighted by molar-refractivity contribution is -0.129. The minimum atomic E-state index is -0.542. The molecule has 0 aliphatic heterocycles. The Morgan fingerprint density at radius 3 is 2.43 bits per heavy atom. The third-order valence-corrected chi connectivity index (χ3v) is 4.75. The lowest BCUT2D eigenvalue weighted by Gasteiger charge is -2.17. The van der Waals surface area contributed by atoms with E-state index in [0.717, 1.165) is 16.7 Å². The summed E-state index contributed by atoms with van der Waals surface area (Å²) in [4.78, 5) is 12.2. The summed E-state index contributed by atoms with van der Waals surface area (Å²) in [6.45, 7) is 2.08. The van der Waals surface area contributed by atoms with E-state index in [-0.39, 0.29) is 0 Å². The van der Waals surface area contributed by atoms with Crippen LogP contribution in [-0.2, 0) is 4.79 Å². The molecule has 2 aromatic carbocycles. The first kappa shape index (κ1) is 15.5. The van der Waals surface area contributed by atoms with Crippen molar-refractivity contribution in [2.75, 3.05) is 0 Å². The molecular formula is C19H17NO2S. The molecule has 3 nitrogen and oxygen atoms in total. The summed E-state index contributed by atoms with van der Waals surface area (Å²) in [5.41, 5.74) is 6.96. The van der Waals surface area contributed by atoms with Crippen molar-refractivity contribution < 1.29 is 10.0 Å². The van der Waals surface area contributed by atoms with Crippen molar-refractivity contribution in [2.45, 2.75) is 12.8 Å². The minimum absolute atomic E-state index is 0.435. The van der Waals surface area contributed by atoms with Crippen molar-refractivity contribution in [1.29, 1.82) is 0 Å². The molecule has 1 heterocycles. The van der Waals surface area contributed by atoms with E-state index in [4.69, 9.17) is 5.21 Å². The van der Waals surface area contributed by atoms with Crippen LogP contribution in [0.3, 0.4) is 0 Å².